The van der Waals surface area contributed by atoms with Crippen LogP contribution >= 0.6 is 0 Å². The minimum absolute atomic E-state index is 0.175. The Hall–Kier alpha value is -1.64. The van der Waals surface area contributed by atoms with Crippen molar-refractivity contribution >= 4 is 6.08 Å². The Bertz CT molecular complexity index is 402. The first-order chi connectivity index (χ1) is 7.16. The van der Waals surface area contributed by atoms with Crippen molar-refractivity contribution in [3.05, 3.63) is 51.2 Å². The molecule has 1 aliphatic rings. The first kappa shape index (κ1) is 9.90. The Morgan fingerprint density at radius 3 is 2.47 bits per heavy atom. The highest BCUT2D eigenvalue weighted by Crippen LogP contribution is 2.39. The van der Waals surface area contributed by atoms with E-state index in [1.165, 1.54) is 25.3 Å². The fraction of sp³-hybridized carbons (Fsp3) is 0.333. The maximum atomic E-state index is 10.4. The SMILES string of the molecule is CC(=Cc1ccc(C2CC2)cc1)[N+](=O)[O-]. The van der Waals surface area contributed by atoms with Crippen LogP contribution in [0.3, 0.4) is 0 Å². The monoisotopic (exact) mass is 203 g/mol. The third-order valence-corrected chi connectivity index (χ3v) is 2.65. The van der Waals surface area contributed by atoms with Crippen LogP contribution in [0.2, 0.25) is 0 Å². The molecule has 1 fully saturated rings. The second-order valence-electron chi connectivity index (χ2n) is 3.98. The lowest BCUT2D eigenvalue weighted by Crippen LogP contribution is -1.92. The highest BCUT2D eigenvalue weighted by molar-refractivity contribution is 5.51. The van der Waals surface area contributed by atoms with Gasteiger partial charge >= 0.3 is 0 Å². The molecule has 0 unspecified atom stereocenters. The number of allylic oxidation sites excluding steroid dienone is 1. The van der Waals surface area contributed by atoms with Crippen LogP contribution in [0.15, 0.2) is 30.0 Å². The zero-order valence-electron chi connectivity index (χ0n) is 8.64. The predicted octanol–water partition coefficient (Wildman–Crippen LogP) is 3.20. The Labute approximate surface area is 88.6 Å². The maximum absolute atomic E-state index is 10.4. The summed E-state index contributed by atoms with van der Waals surface area (Å²) in [6.07, 6.45) is 4.16. The van der Waals surface area contributed by atoms with Crippen LogP contribution in [0.1, 0.15) is 36.8 Å². The van der Waals surface area contributed by atoms with Crippen molar-refractivity contribution in [2.75, 3.05) is 0 Å². The summed E-state index contributed by atoms with van der Waals surface area (Å²) < 4.78 is 0. The van der Waals surface area contributed by atoms with Gasteiger partial charge in [0.1, 0.15) is 0 Å². The third kappa shape index (κ3) is 2.43. The molecule has 15 heavy (non-hydrogen) atoms. The van der Waals surface area contributed by atoms with E-state index in [2.05, 4.69) is 12.1 Å². The van der Waals surface area contributed by atoms with Gasteiger partial charge in [-0.05, 0) is 29.9 Å². The lowest BCUT2D eigenvalue weighted by atomic mass is 10.1. The molecule has 0 saturated heterocycles. The summed E-state index contributed by atoms with van der Waals surface area (Å²) in [7, 11) is 0. The van der Waals surface area contributed by atoms with Gasteiger partial charge in [-0.25, -0.2) is 0 Å². The number of rotatable bonds is 3. The molecule has 0 heterocycles. The van der Waals surface area contributed by atoms with Crippen molar-refractivity contribution < 1.29 is 4.92 Å². The van der Waals surface area contributed by atoms with Crippen LogP contribution in [0, 0.1) is 10.1 Å². The van der Waals surface area contributed by atoms with Crippen LogP contribution in [-0.4, -0.2) is 4.92 Å². The molecular formula is C12H13NO2. The normalized spacial score (nSPS) is 16.5. The zero-order chi connectivity index (χ0) is 10.8. The molecular weight excluding hydrogens is 190 g/mol. The molecule has 0 spiro atoms. The summed E-state index contributed by atoms with van der Waals surface area (Å²) in [5, 5.41) is 10.4. The minimum atomic E-state index is -0.366. The number of nitro groups is 1. The van der Waals surface area contributed by atoms with Crippen LogP contribution in [0.25, 0.3) is 6.08 Å². The van der Waals surface area contributed by atoms with Crippen LogP contribution < -0.4 is 0 Å². The lowest BCUT2D eigenvalue weighted by molar-refractivity contribution is -0.422. The van der Waals surface area contributed by atoms with E-state index in [4.69, 9.17) is 0 Å². The van der Waals surface area contributed by atoms with Gasteiger partial charge < -0.3 is 0 Å². The molecule has 1 aromatic carbocycles. The average molecular weight is 203 g/mol. The molecule has 1 saturated carbocycles. The summed E-state index contributed by atoms with van der Waals surface area (Å²) >= 11 is 0. The van der Waals surface area contributed by atoms with E-state index < -0.39 is 0 Å². The Balaban J connectivity index is 2.16. The first-order valence-corrected chi connectivity index (χ1v) is 5.09. The van der Waals surface area contributed by atoms with Gasteiger partial charge in [0.05, 0.1) is 4.92 Å². The van der Waals surface area contributed by atoms with Gasteiger partial charge in [-0.3, -0.25) is 10.1 Å². The zero-order valence-corrected chi connectivity index (χ0v) is 8.64. The molecule has 78 valence electrons. The van der Waals surface area contributed by atoms with Gasteiger partial charge in [0.2, 0.25) is 5.70 Å². The third-order valence-electron chi connectivity index (χ3n) is 2.65. The molecule has 0 aromatic heterocycles. The van der Waals surface area contributed by atoms with Gasteiger partial charge in [-0.15, -0.1) is 0 Å². The number of nitrogens with zero attached hydrogens (tertiary/aromatic N) is 1. The van der Waals surface area contributed by atoms with E-state index in [1.807, 2.05) is 12.1 Å². The lowest BCUT2D eigenvalue weighted by Gasteiger charge is -1.98. The molecule has 0 bridgehead atoms. The molecule has 2 rings (SSSR count). The van der Waals surface area contributed by atoms with E-state index >= 15 is 0 Å². The van der Waals surface area contributed by atoms with Crippen molar-refractivity contribution in [3.63, 3.8) is 0 Å². The number of hydrogen-bond acceptors (Lipinski definition) is 2. The van der Waals surface area contributed by atoms with Gasteiger partial charge in [0.15, 0.2) is 0 Å². The summed E-state index contributed by atoms with van der Waals surface area (Å²) in [6.45, 7) is 1.51. The van der Waals surface area contributed by atoms with E-state index in [-0.39, 0.29) is 10.6 Å². The predicted molar refractivity (Wildman–Crippen MR) is 59.1 cm³/mol. The van der Waals surface area contributed by atoms with Crippen molar-refractivity contribution in [1.82, 2.24) is 0 Å². The van der Waals surface area contributed by atoms with Crippen LogP contribution in [0.4, 0.5) is 0 Å². The Morgan fingerprint density at radius 1 is 1.40 bits per heavy atom. The fourth-order valence-corrected chi connectivity index (χ4v) is 1.57. The van der Waals surface area contributed by atoms with E-state index in [0.29, 0.717) is 0 Å². The van der Waals surface area contributed by atoms with Gasteiger partial charge in [-0.2, -0.15) is 0 Å². The molecule has 0 N–H and O–H groups in total. The fourth-order valence-electron chi connectivity index (χ4n) is 1.57. The summed E-state index contributed by atoms with van der Waals surface area (Å²) in [4.78, 5) is 10.1. The quantitative estimate of drug-likeness (QED) is 0.559. The summed E-state index contributed by atoms with van der Waals surface area (Å²) in [5.41, 5.74) is 2.42. The topological polar surface area (TPSA) is 43.1 Å². The molecule has 0 aliphatic heterocycles. The van der Waals surface area contributed by atoms with Gasteiger partial charge in [0.25, 0.3) is 0 Å². The summed E-state index contributed by atoms with van der Waals surface area (Å²) in [5.74, 6) is 0.736. The number of hydrogen-bond donors (Lipinski definition) is 0. The molecule has 1 aliphatic carbocycles. The summed E-state index contributed by atoms with van der Waals surface area (Å²) in [6, 6.07) is 8.02. The molecule has 1 aromatic rings. The second-order valence-corrected chi connectivity index (χ2v) is 3.98. The molecule has 0 amide bonds. The molecule has 3 heteroatoms. The highest BCUT2D eigenvalue weighted by Gasteiger charge is 2.22. The minimum Gasteiger partial charge on any atom is -0.259 e. The average Bonchev–Trinajstić information content (AvgIpc) is 3.02. The first-order valence-electron chi connectivity index (χ1n) is 5.09. The molecule has 0 atom stereocenters. The van der Waals surface area contributed by atoms with E-state index in [0.717, 1.165) is 11.5 Å². The number of benzene rings is 1. The molecule has 0 radical (unpaired) electrons. The van der Waals surface area contributed by atoms with E-state index in [1.54, 1.807) is 6.08 Å². The largest absolute Gasteiger partial charge is 0.259 e. The standard InChI is InChI=1S/C12H13NO2/c1-9(13(14)15)8-10-2-4-11(5-3-10)12-6-7-12/h2-5,8,12H,6-7H2,1H3. The van der Waals surface area contributed by atoms with Crippen molar-refractivity contribution in [2.45, 2.75) is 25.7 Å². The van der Waals surface area contributed by atoms with Crippen LogP contribution in [0.5, 0.6) is 0 Å². The van der Waals surface area contributed by atoms with Gasteiger partial charge in [0, 0.05) is 13.0 Å². The maximum Gasteiger partial charge on any atom is 0.243 e. The van der Waals surface area contributed by atoms with Crippen molar-refractivity contribution in [1.29, 1.82) is 0 Å². The highest BCUT2D eigenvalue weighted by atomic mass is 16.6. The van der Waals surface area contributed by atoms with Gasteiger partial charge in [-0.1, -0.05) is 24.3 Å². The Morgan fingerprint density at radius 2 is 2.00 bits per heavy atom. The Kier molecular flexibility index (Phi) is 2.54. The second kappa shape index (κ2) is 3.85. The van der Waals surface area contributed by atoms with Crippen molar-refractivity contribution in [2.24, 2.45) is 0 Å². The van der Waals surface area contributed by atoms with Crippen molar-refractivity contribution in [3.8, 4) is 0 Å². The smallest absolute Gasteiger partial charge is 0.243 e. The molecule has 3 nitrogen and oxygen atoms in total. The van der Waals surface area contributed by atoms with E-state index in [9.17, 15) is 10.1 Å². The van der Waals surface area contributed by atoms with Crippen LogP contribution in [-0.2, 0) is 0 Å².